The molecule has 1 aromatic carbocycles. The van der Waals surface area contributed by atoms with Crippen molar-refractivity contribution < 1.29 is 5.11 Å². The maximum absolute atomic E-state index is 9.00. The Morgan fingerprint density at radius 2 is 2.17 bits per heavy atom. The summed E-state index contributed by atoms with van der Waals surface area (Å²) in [6.45, 7) is 0.625. The van der Waals surface area contributed by atoms with Crippen molar-refractivity contribution >= 4 is 17.0 Å². The van der Waals surface area contributed by atoms with Gasteiger partial charge in [0.05, 0.1) is 41.6 Å². The molecular weight excluding hydrogens is 320 g/mol. The molecule has 0 amide bonds. The highest BCUT2D eigenvalue weighted by molar-refractivity contribution is 7.15. The van der Waals surface area contributed by atoms with Crippen LogP contribution in [-0.2, 0) is 13.0 Å². The lowest BCUT2D eigenvalue weighted by molar-refractivity contribution is 0.269. The van der Waals surface area contributed by atoms with Gasteiger partial charge in [-0.05, 0) is 19.3 Å². The van der Waals surface area contributed by atoms with Gasteiger partial charge >= 0.3 is 0 Å². The number of fused-ring (bicyclic) bond motifs is 1. The molecule has 4 rings (SSSR count). The minimum atomic E-state index is 0.101. The van der Waals surface area contributed by atoms with Gasteiger partial charge < -0.3 is 10.4 Å². The van der Waals surface area contributed by atoms with E-state index in [9.17, 15) is 0 Å². The number of aliphatic hydroxyl groups excluding tert-OH is 1. The molecule has 1 unspecified atom stereocenters. The van der Waals surface area contributed by atoms with Gasteiger partial charge in [-0.3, -0.25) is 4.68 Å². The van der Waals surface area contributed by atoms with Crippen molar-refractivity contribution in [2.45, 2.75) is 31.8 Å². The molecule has 0 spiro atoms. The molecule has 1 aliphatic rings. The van der Waals surface area contributed by atoms with Gasteiger partial charge in [0.1, 0.15) is 5.01 Å². The first-order valence-corrected chi connectivity index (χ1v) is 9.10. The second-order valence-electron chi connectivity index (χ2n) is 6.00. The number of aryl methyl sites for hydroxylation is 1. The second-order valence-corrected chi connectivity index (χ2v) is 7.03. The SMILES string of the molecule is OCCn1cc(NC2CCCc3nc(-c4ccccc4)sc32)cn1. The van der Waals surface area contributed by atoms with Crippen molar-refractivity contribution in [3.8, 4) is 10.6 Å². The van der Waals surface area contributed by atoms with Gasteiger partial charge in [0.15, 0.2) is 0 Å². The van der Waals surface area contributed by atoms with Crippen LogP contribution in [0.1, 0.15) is 29.5 Å². The van der Waals surface area contributed by atoms with E-state index < -0.39 is 0 Å². The molecule has 0 aliphatic heterocycles. The van der Waals surface area contributed by atoms with Crippen molar-refractivity contribution in [2.24, 2.45) is 0 Å². The summed E-state index contributed by atoms with van der Waals surface area (Å²) in [4.78, 5) is 6.21. The fraction of sp³-hybridized carbons (Fsp3) is 0.333. The standard InChI is InChI=1S/C18H20N4OS/c23-10-9-22-12-14(11-19-22)20-15-7-4-8-16-17(15)24-18(21-16)13-5-2-1-3-6-13/h1-3,5-6,11-12,15,20,23H,4,7-10H2. The normalized spacial score (nSPS) is 16.8. The molecule has 24 heavy (non-hydrogen) atoms. The van der Waals surface area contributed by atoms with E-state index in [1.165, 1.54) is 16.1 Å². The lowest BCUT2D eigenvalue weighted by Crippen LogP contribution is -2.15. The highest BCUT2D eigenvalue weighted by Gasteiger charge is 2.25. The first-order valence-electron chi connectivity index (χ1n) is 8.28. The first kappa shape index (κ1) is 15.4. The highest BCUT2D eigenvalue weighted by atomic mass is 32.1. The van der Waals surface area contributed by atoms with Gasteiger partial charge in [-0.25, -0.2) is 4.98 Å². The van der Waals surface area contributed by atoms with Gasteiger partial charge in [0.25, 0.3) is 0 Å². The van der Waals surface area contributed by atoms with E-state index in [0.29, 0.717) is 6.54 Å². The first-order chi connectivity index (χ1) is 11.8. The van der Waals surface area contributed by atoms with Gasteiger partial charge in [0.2, 0.25) is 0 Å². The predicted molar refractivity (Wildman–Crippen MR) is 96.2 cm³/mol. The monoisotopic (exact) mass is 340 g/mol. The summed E-state index contributed by atoms with van der Waals surface area (Å²) in [5.41, 5.74) is 3.41. The number of nitrogens with zero attached hydrogens (tertiary/aromatic N) is 3. The Morgan fingerprint density at radius 1 is 1.29 bits per heavy atom. The number of benzene rings is 1. The zero-order valence-electron chi connectivity index (χ0n) is 13.4. The van der Waals surface area contributed by atoms with E-state index in [0.717, 1.165) is 30.0 Å². The van der Waals surface area contributed by atoms with E-state index >= 15 is 0 Å². The number of nitrogens with one attached hydrogen (secondary N) is 1. The summed E-state index contributed by atoms with van der Waals surface area (Å²) in [5.74, 6) is 0. The van der Waals surface area contributed by atoms with Gasteiger partial charge in [-0.15, -0.1) is 11.3 Å². The smallest absolute Gasteiger partial charge is 0.123 e. The highest BCUT2D eigenvalue weighted by Crippen LogP contribution is 2.39. The molecule has 1 aliphatic carbocycles. The van der Waals surface area contributed by atoms with Crippen LogP contribution < -0.4 is 5.32 Å². The summed E-state index contributed by atoms with van der Waals surface area (Å²) < 4.78 is 1.76. The number of rotatable bonds is 5. The average molecular weight is 340 g/mol. The van der Waals surface area contributed by atoms with E-state index in [1.54, 1.807) is 16.0 Å². The minimum Gasteiger partial charge on any atom is -0.394 e. The van der Waals surface area contributed by atoms with Crippen LogP contribution in [0.4, 0.5) is 5.69 Å². The Balaban J connectivity index is 1.58. The quantitative estimate of drug-likeness (QED) is 0.746. The molecular formula is C18H20N4OS. The van der Waals surface area contributed by atoms with Crippen molar-refractivity contribution in [1.82, 2.24) is 14.8 Å². The fourth-order valence-corrected chi connectivity index (χ4v) is 4.33. The Kier molecular flexibility index (Phi) is 4.32. The van der Waals surface area contributed by atoms with Crippen LogP contribution in [0.3, 0.4) is 0 Å². The molecule has 5 nitrogen and oxygen atoms in total. The zero-order chi connectivity index (χ0) is 16.4. The number of hydrogen-bond acceptors (Lipinski definition) is 5. The summed E-state index contributed by atoms with van der Waals surface area (Å²) in [6.07, 6.45) is 7.08. The molecule has 2 N–H and O–H groups in total. The predicted octanol–water partition coefficient (Wildman–Crippen LogP) is 3.49. The Hall–Kier alpha value is -2.18. The third-order valence-corrected chi connectivity index (χ3v) is 5.53. The van der Waals surface area contributed by atoms with Crippen LogP contribution >= 0.6 is 11.3 Å². The zero-order valence-corrected chi connectivity index (χ0v) is 14.2. The molecule has 1 atom stereocenters. The van der Waals surface area contributed by atoms with Crippen LogP contribution in [0, 0.1) is 0 Å². The Labute approximate surface area is 145 Å². The van der Waals surface area contributed by atoms with Crippen LogP contribution in [0.15, 0.2) is 42.7 Å². The topological polar surface area (TPSA) is 63.0 Å². The van der Waals surface area contributed by atoms with Gasteiger partial charge in [-0.1, -0.05) is 30.3 Å². The Morgan fingerprint density at radius 3 is 3.00 bits per heavy atom. The Bertz CT molecular complexity index is 812. The molecule has 6 heteroatoms. The molecule has 2 heterocycles. The van der Waals surface area contributed by atoms with Crippen molar-refractivity contribution in [3.05, 3.63) is 53.3 Å². The van der Waals surface area contributed by atoms with E-state index in [1.807, 2.05) is 18.5 Å². The molecule has 3 aromatic rings. The summed E-state index contributed by atoms with van der Waals surface area (Å²) in [5, 5.41) is 18.0. The average Bonchev–Trinajstić information content (AvgIpc) is 3.23. The largest absolute Gasteiger partial charge is 0.394 e. The van der Waals surface area contributed by atoms with Crippen molar-refractivity contribution in [2.75, 3.05) is 11.9 Å². The summed E-state index contributed by atoms with van der Waals surface area (Å²) in [6, 6.07) is 10.7. The summed E-state index contributed by atoms with van der Waals surface area (Å²) >= 11 is 1.79. The van der Waals surface area contributed by atoms with Gasteiger partial charge in [0, 0.05) is 11.8 Å². The fourth-order valence-electron chi connectivity index (χ4n) is 3.13. The van der Waals surface area contributed by atoms with Crippen molar-refractivity contribution in [1.29, 1.82) is 0 Å². The number of aromatic nitrogens is 3. The lowest BCUT2D eigenvalue weighted by Gasteiger charge is -2.22. The lowest BCUT2D eigenvalue weighted by atomic mass is 9.98. The molecule has 124 valence electrons. The summed E-state index contributed by atoms with van der Waals surface area (Å²) in [7, 11) is 0. The maximum Gasteiger partial charge on any atom is 0.123 e. The molecule has 0 bridgehead atoms. The number of hydrogen-bond donors (Lipinski definition) is 2. The van der Waals surface area contributed by atoms with E-state index in [4.69, 9.17) is 10.1 Å². The molecule has 0 saturated carbocycles. The van der Waals surface area contributed by atoms with Crippen LogP contribution in [0.2, 0.25) is 0 Å². The van der Waals surface area contributed by atoms with Crippen LogP contribution in [0.5, 0.6) is 0 Å². The van der Waals surface area contributed by atoms with E-state index in [2.05, 4.69) is 34.7 Å². The third kappa shape index (κ3) is 3.07. The number of thiazole rings is 1. The number of anilines is 1. The van der Waals surface area contributed by atoms with Crippen LogP contribution in [0.25, 0.3) is 10.6 Å². The molecule has 0 fully saturated rings. The maximum atomic E-state index is 9.00. The number of aliphatic hydroxyl groups is 1. The molecule has 2 aromatic heterocycles. The van der Waals surface area contributed by atoms with E-state index in [-0.39, 0.29) is 12.6 Å². The van der Waals surface area contributed by atoms with Crippen LogP contribution in [-0.4, -0.2) is 26.5 Å². The molecule has 0 radical (unpaired) electrons. The van der Waals surface area contributed by atoms with Gasteiger partial charge in [-0.2, -0.15) is 5.10 Å². The molecule has 0 saturated heterocycles. The second kappa shape index (κ2) is 6.75. The minimum absolute atomic E-state index is 0.101. The van der Waals surface area contributed by atoms with Crippen molar-refractivity contribution in [3.63, 3.8) is 0 Å². The third-order valence-electron chi connectivity index (χ3n) is 4.27.